The third kappa shape index (κ3) is 4.01. The molecule has 0 aliphatic heterocycles. The van der Waals surface area contributed by atoms with Crippen LogP contribution in [0.1, 0.15) is 27.8 Å². The number of aryl methyl sites for hydroxylation is 5. The van der Waals surface area contributed by atoms with E-state index in [0.29, 0.717) is 39.7 Å². The fourth-order valence-electron chi connectivity index (χ4n) is 4.09. The molecule has 0 spiro atoms. The number of para-hydroxylation sites is 3. The van der Waals surface area contributed by atoms with E-state index in [9.17, 15) is 15.3 Å². The minimum absolute atomic E-state index is 0.0329. The van der Waals surface area contributed by atoms with Crippen LogP contribution >= 0.6 is 0 Å². The van der Waals surface area contributed by atoms with Crippen LogP contribution in [0.2, 0.25) is 0 Å². The van der Waals surface area contributed by atoms with Gasteiger partial charge in [-0.1, -0.05) is 48.5 Å². The monoisotopic (exact) mass is 455 g/mol. The summed E-state index contributed by atoms with van der Waals surface area (Å²) in [5, 5.41) is 32.8. The van der Waals surface area contributed by atoms with E-state index in [-0.39, 0.29) is 17.2 Å². The predicted octanol–water partition coefficient (Wildman–Crippen LogP) is 7.61. The quantitative estimate of drug-likeness (QED) is 0.289. The topological polar surface area (TPSA) is 73.2 Å². The molecule has 5 nitrogen and oxygen atoms in total. The molecule has 0 atom stereocenters. The van der Waals surface area contributed by atoms with Crippen molar-refractivity contribution in [2.75, 3.05) is 4.90 Å². The summed E-state index contributed by atoms with van der Waals surface area (Å²) in [6.45, 7) is 9.38. The molecule has 0 saturated carbocycles. The maximum Gasteiger partial charge on any atom is 0.172 e. The molecule has 0 aliphatic rings. The minimum Gasteiger partial charge on any atom is -0.505 e. The van der Waals surface area contributed by atoms with Gasteiger partial charge < -0.3 is 20.1 Å². The second kappa shape index (κ2) is 9.02. The van der Waals surface area contributed by atoms with Crippen LogP contribution in [-0.4, -0.2) is 15.3 Å². The van der Waals surface area contributed by atoms with Crippen LogP contribution < -0.4 is 9.64 Å². The largest absolute Gasteiger partial charge is 0.505 e. The Hall–Kier alpha value is -4.12. The van der Waals surface area contributed by atoms with Gasteiger partial charge in [0.25, 0.3) is 0 Å². The van der Waals surface area contributed by atoms with Gasteiger partial charge in [-0.3, -0.25) is 4.90 Å². The first kappa shape index (κ1) is 23.1. The van der Waals surface area contributed by atoms with Crippen LogP contribution in [-0.2, 0) is 0 Å². The Morgan fingerprint density at radius 1 is 0.559 bits per heavy atom. The molecule has 0 heterocycles. The number of hydrogen-bond acceptors (Lipinski definition) is 5. The van der Waals surface area contributed by atoms with E-state index in [2.05, 4.69) is 0 Å². The molecule has 0 bridgehead atoms. The average Bonchev–Trinajstić information content (AvgIpc) is 2.81. The first-order valence-electron chi connectivity index (χ1n) is 11.1. The van der Waals surface area contributed by atoms with Gasteiger partial charge in [-0.15, -0.1) is 0 Å². The molecular formula is C29H29NO4. The summed E-state index contributed by atoms with van der Waals surface area (Å²) < 4.78 is 6.26. The lowest BCUT2D eigenvalue weighted by Gasteiger charge is -2.31. The second-order valence-electron chi connectivity index (χ2n) is 8.62. The lowest BCUT2D eigenvalue weighted by Crippen LogP contribution is -2.15. The number of anilines is 3. The van der Waals surface area contributed by atoms with Gasteiger partial charge in [-0.25, -0.2) is 0 Å². The highest BCUT2D eigenvalue weighted by Crippen LogP contribution is 2.51. The van der Waals surface area contributed by atoms with Crippen molar-refractivity contribution < 1.29 is 20.1 Å². The fraction of sp³-hybridized carbons (Fsp3) is 0.172. The zero-order valence-corrected chi connectivity index (χ0v) is 20.0. The zero-order chi connectivity index (χ0) is 24.6. The Bertz CT molecular complexity index is 1300. The van der Waals surface area contributed by atoms with Gasteiger partial charge in [0.2, 0.25) is 0 Å². The van der Waals surface area contributed by atoms with Gasteiger partial charge in [-0.2, -0.15) is 0 Å². The Morgan fingerprint density at radius 3 is 1.65 bits per heavy atom. The van der Waals surface area contributed by atoms with Crippen LogP contribution in [0.3, 0.4) is 0 Å². The van der Waals surface area contributed by atoms with Crippen molar-refractivity contribution in [3.8, 4) is 28.7 Å². The van der Waals surface area contributed by atoms with Crippen LogP contribution in [0.4, 0.5) is 17.1 Å². The zero-order valence-electron chi connectivity index (χ0n) is 20.0. The highest BCUT2D eigenvalue weighted by atomic mass is 16.5. The van der Waals surface area contributed by atoms with Gasteiger partial charge in [0.05, 0.1) is 17.1 Å². The molecule has 0 saturated heterocycles. The highest BCUT2D eigenvalue weighted by molar-refractivity contribution is 5.89. The van der Waals surface area contributed by atoms with Gasteiger partial charge in [0.15, 0.2) is 17.2 Å². The van der Waals surface area contributed by atoms with Crippen LogP contribution in [0.5, 0.6) is 28.7 Å². The summed E-state index contributed by atoms with van der Waals surface area (Å²) in [7, 11) is 0. The van der Waals surface area contributed by atoms with Gasteiger partial charge in [0.1, 0.15) is 11.5 Å². The Balaban J connectivity index is 2.04. The molecule has 5 heteroatoms. The molecule has 0 aliphatic carbocycles. The van der Waals surface area contributed by atoms with Crippen molar-refractivity contribution in [3.63, 3.8) is 0 Å². The van der Waals surface area contributed by atoms with Gasteiger partial charge in [-0.05, 0) is 80.6 Å². The van der Waals surface area contributed by atoms with E-state index in [1.165, 1.54) is 0 Å². The summed E-state index contributed by atoms with van der Waals surface area (Å²) in [4.78, 5) is 1.83. The maximum atomic E-state index is 11.2. The summed E-state index contributed by atoms with van der Waals surface area (Å²) in [6, 6.07) is 20.2. The number of aromatic hydroxyl groups is 3. The number of hydrogen-bond donors (Lipinski definition) is 3. The molecular weight excluding hydrogens is 426 g/mol. The molecule has 0 radical (unpaired) electrons. The third-order valence-corrected chi connectivity index (χ3v) is 6.07. The molecule has 0 amide bonds. The molecule has 4 aromatic rings. The number of benzene rings is 4. The molecule has 0 aromatic heterocycles. The van der Waals surface area contributed by atoms with Crippen LogP contribution in [0, 0.1) is 34.6 Å². The van der Waals surface area contributed by atoms with Crippen molar-refractivity contribution in [2.45, 2.75) is 34.6 Å². The van der Waals surface area contributed by atoms with E-state index in [1.807, 2.05) is 88.0 Å². The fourth-order valence-corrected chi connectivity index (χ4v) is 4.09. The average molecular weight is 456 g/mol. The van der Waals surface area contributed by atoms with Crippen molar-refractivity contribution in [1.82, 2.24) is 0 Å². The van der Waals surface area contributed by atoms with Crippen molar-refractivity contribution in [1.29, 1.82) is 0 Å². The van der Waals surface area contributed by atoms with Crippen LogP contribution in [0.25, 0.3) is 0 Å². The summed E-state index contributed by atoms with van der Waals surface area (Å²) in [5.74, 6) is 1.09. The first-order valence-corrected chi connectivity index (χ1v) is 11.1. The second-order valence-corrected chi connectivity index (χ2v) is 8.62. The smallest absolute Gasteiger partial charge is 0.172 e. The molecule has 174 valence electrons. The van der Waals surface area contributed by atoms with E-state index in [0.717, 1.165) is 16.7 Å². The Kier molecular flexibility index (Phi) is 6.12. The molecule has 0 unspecified atom stereocenters. The number of phenolic OH excluding ortho intramolecular Hbond substituents is 3. The first-order chi connectivity index (χ1) is 16.2. The molecule has 34 heavy (non-hydrogen) atoms. The van der Waals surface area contributed by atoms with Gasteiger partial charge >= 0.3 is 0 Å². The highest BCUT2D eigenvalue weighted by Gasteiger charge is 2.27. The summed E-state index contributed by atoms with van der Waals surface area (Å²) >= 11 is 0. The van der Waals surface area contributed by atoms with Crippen molar-refractivity contribution >= 4 is 17.1 Å². The van der Waals surface area contributed by atoms with Crippen molar-refractivity contribution in [3.05, 3.63) is 94.5 Å². The molecule has 0 fully saturated rings. The van der Waals surface area contributed by atoms with Crippen LogP contribution in [0.15, 0.2) is 66.7 Å². The SMILES string of the molecule is Cc1ccc(C)c(N(c2ccccc2Oc2c(C)cccc2O)c2c(C)ccc(C)c2O)c1O. The maximum absolute atomic E-state index is 11.2. The van der Waals surface area contributed by atoms with E-state index in [1.54, 1.807) is 18.2 Å². The minimum atomic E-state index is 0.0329. The van der Waals surface area contributed by atoms with E-state index >= 15 is 0 Å². The third-order valence-electron chi connectivity index (χ3n) is 6.07. The predicted molar refractivity (Wildman–Crippen MR) is 136 cm³/mol. The molecule has 4 aromatic carbocycles. The number of nitrogens with zero attached hydrogens (tertiary/aromatic N) is 1. The summed E-state index contributed by atoms with van der Waals surface area (Å²) in [5.41, 5.74) is 5.58. The lowest BCUT2D eigenvalue weighted by atomic mass is 10.0. The van der Waals surface area contributed by atoms with E-state index in [4.69, 9.17) is 4.74 Å². The number of phenols is 3. The standard InChI is InChI=1S/C29H29NO4/c1-17-13-15-19(3)27(32)25(17)30(26-18(2)14-16-20(4)28(26)33)22-10-6-7-12-24(22)34-29-21(5)9-8-11-23(29)31/h6-16,31-33H,1-5H3. The number of rotatable bonds is 5. The van der Waals surface area contributed by atoms with Crippen molar-refractivity contribution in [2.24, 2.45) is 0 Å². The molecule has 3 N–H and O–H groups in total. The van der Waals surface area contributed by atoms with Gasteiger partial charge in [0, 0.05) is 0 Å². The normalized spacial score (nSPS) is 10.9. The van der Waals surface area contributed by atoms with E-state index < -0.39 is 0 Å². The molecule has 4 rings (SSSR count). The number of ether oxygens (including phenoxy) is 1. The Morgan fingerprint density at radius 2 is 1.09 bits per heavy atom. The Labute approximate surface area is 200 Å². The summed E-state index contributed by atoms with van der Waals surface area (Å²) in [6.07, 6.45) is 0. The lowest BCUT2D eigenvalue weighted by molar-refractivity contribution is 0.409.